The van der Waals surface area contributed by atoms with Gasteiger partial charge < -0.3 is 5.32 Å². The van der Waals surface area contributed by atoms with Crippen molar-refractivity contribution in [1.82, 2.24) is 10.3 Å². The molecule has 0 spiro atoms. The zero-order valence-corrected chi connectivity index (χ0v) is 11.1. The molecule has 6 heteroatoms. The van der Waals surface area contributed by atoms with Crippen molar-refractivity contribution in [2.45, 2.75) is 12.8 Å². The lowest BCUT2D eigenvalue weighted by Crippen LogP contribution is -2.24. The second kappa shape index (κ2) is 8.14. The number of pyridine rings is 1. The third-order valence-electron chi connectivity index (χ3n) is 1.94. The van der Waals surface area contributed by atoms with Crippen LogP contribution in [0.5, 0.6) is 0 Å². The summed E-state index contributed by atoms with van der Waals surface area (Å²) in [5.74, 6) is -0.150. The molecule has 0 saturated carbocycles. The molecule has 0 aliphatic carbocycles. The molecular formula is C11H14N2O2S2. The molecule has 1 aromatic rings. The fourth-order valence-electron chi connectivity index (χ4n) is 1.17. The summed E-state index contributed by atoms with van der Waals surface area (Å²) < 4.78 is 0. The Morgan fingerprint density at radius 1 is 1.47 bits per heavy atom. The van der Waals surface area contributed by atoms with Gasteiger partial charge in [0.15, 0.2) is 5.12 Å². The van der Waals surface area contributed by atoms with Crippen LogP contribution in [-0.4, -0.2) is 28.8 Å². The van der Waals surface area contributed by atoms with Gasteiger partial charge in [-0.15, -0.1) is 0 Å². The van der Waals surface area contributed by atoms with Gasteiger partial charge in [0, 0.05) is 25.4 Å². The summed E-state index contributed by atoms with van der Waals surface area (Å²) >= 11 is 0. The highest BCUT2D eigenvalue weighted by Crippen LogP contribution is 2.19. The molecule has 17 heavy (non-hydrogen) atoms. The van der Waals surface area contributed by atoms with Crippen molar-refractivity contribution in [3.05, 3.63) is 30.1 Å². The molecule has 1 amide bonds. The van der Waals surface area contributed by atoms with Gasteiger partial charge in [-0.2, -0.15) is 0 Å². The topological polar surface area (TPSA) is 59.1 Å². The fraction of sp³-hybridized carbons (Fsp3) is 0.364. The molecule has 0 aromatic carbocycles. The first-order chi connectivity index (χ1) is 8.24. The number of hydrogen-bond donors (Lipinski definition) is 1. The lowest BCUT2D eigenvalue weighted by molar-refractivity contribution is -0.110. The average Bonchev–Trinajstić information content (AvgIpc) is 2.36. The van der Waals surface area contributed by atoms with E-state index in [4.69, 9.17) is 0 Å². The highest BCUT2D eigenvalue weighted by atomic mass is 33.1. The third-order valence-corrected chi connectivity index (χ3v) is 3.56. The molecule has 1 heterocycles. The van der Waals surface area contributed by atoms with Gasteiger partial charge in [0.2, 0.25) is 0 Å². The molecule has 92 valence electrons. The maximum atomic E-state index is 11.6. The Hall–Kier alpha value is -1.01. The van der Waals surface area contributed by atoms with Crippen LogP contribution in [0.3, 0.4) is 0 Å². The Morgan fingerprint density at radius 2 is 2.29 bits per heavy atom. The normalized spacial score (nSPS) is 9.94. The highest BCUT2D eigenvalue weighted by Gasteiger charge is 2.05. The van der Waals surface area contributed by atoms with Crippen molar-refractivity contribution < 1.29 is 9.59 Å². The summed E-state index contributed by atoms with van der Waals surface area (Å²) in [6.07, 6.45) is 6.16. The number of nitrogens with one attached hydrogen (secondary N) is 1. The number of hydrogen-bond acceptors (Lipinski definition) is 5. The van der Waals surface area contributed by atoms with Crippen LogP contribution in [0.25, 0.3) is 0 Å². The van der Waals surface area contributed by atoms with E-state index in [1.807, 2.05) is 6.26 Å². The first-order valence-corrected chi connectivity index (χ1v) is 7.71. The fourth-order valence-corrected chi connectivity index (χ4v) is 2.39. The number of carbonyl (C=O) groups excluding carboxylic acids is 2. The minimum Gasteiger partial charge on any atom is -0.352 e. The first kappa shape index (κ1) is 14.1. The van der Waals surface area contributed by atoms with Crippen molar-refractivity contribution in [3.63, 3.8) is 0 Å². The van der Waals surface area contributed by atoms with Crippen LogP contribution in [0.1, 0.15) is 23.2 Å². The van der Waals surface area contributed by atoms with Crippen LogP contribution in [-0.2, 0) is 4.79 Å². The van der Waals surface area contributed by atoms with Crippen molar-refractivity contribution in [1.29, 1.82) is 0 Å². The van der Waals surface area contributed by atoms with Gasteiger partial charge in [-0.25, -0.2) is 0 Å². The predicted molar refractivity (Wildman–Crippen MR) is 71.9 cm³/mol. The second-order valence-electron chi connectivity index (χ2n) is 3.22. The van der Waals surface area contributed by atoms with Gasteiger partial charge in [0.25, 0.3) is 5.91 Å². The predicted octanol–water partition coefficient (Wildman–Crippen LogP) is 2.13. The van der Waals surface area contributed by atoms with Crippen LogP contribution >= 0.6 is 21.6 Å². The Balaban J connectivity index is 2.19. The number of rotatable bonds is 6. The number of carbonyl (C=O) groups is 2. The van der Waals surface area contributed by atoms with Gasteiger partial charge in [0.05, 0.1) is 5.56 Å². The van der Waals surface area contributed by atoms with Crippen LogP contribution in [0.4, 0.5) is 0 Å². The second-order valence-corrected chi connectivity index (χ2v) is 5.68. The zero-order valence-electron chi connectivity index (χ0n) is 9.51. The van der Waals surface area contributed by atoms with E-state index in [-0.39, 0.29) is 11.0 Å². The van der Waals surface area contributed by atoms with E-state index in [1.54, 1.807) is 18.3 Å². The Kier molecular flexibility index (Phi) is 6.73. The van der Waals surface area contributed by atoms with Gasteiger partial charge >= 0.3 is 0 Å². The summed E-state index contributed by atoms with van der Waals surface area (Å²) in [5, 5.41) is 2.90. The quantitative estimate of drug-likeness (QED) is 0.634. The first-order valence-electron chi connectivity index (χ1n) is 5.15. The largest absolute Gasteiger partial charge is 0.352 e. The summed E-state index contributed by atoms with van der Waals surface area (Å²) in [4.78, 5) is 26.6. The van der Waals surface area contributed by atoms with Crippen LogP contribution in [0.2, 0.25) is 0 Å². The van der Waals surface area contributed by atoms with Crippen LogP contribution < -0.4 is 5.32 Å². The molecular weight excluding hydrogens is 256 g/mol. The summed E-state index contributed by atoms with van der Waals surface area (Å²) in [6.45, 7) is 0.508. The average molecular weight is 270 g/mol. The lowest BCUT2D eigenvalue weighted by Gasteiger charge is -2.03. The van der Waals surface area contributed by atoms with Gasteiger partial charge in [-0.05, 0) is 35.6 Å². The van der Waals surface area contributed by atoms with E-state index in [0.29, 0.717) is 24.9 Å². The smallest absolute Gasteiger partial charge is 0.252 e. The zero-order chi connectivity index (χ0) is 12.5. The molecule has 4 nitrogen and oxygen atoms in total. The van der Waals surface area contributed by atoms with E-state index in [1.165, 1.54) is 27.8 Å². The van der Waals surface area contributed by atoms with E-state index in [9.17, 15) is 9.59 Å². The standard InChI is InChI=1S/C11H14N2O2S2/c1-16-17-10(14)5-3-7-13-11(15)9-4-2-6-12-8-9/h2,4,6,8H,3,5,7H2,1H3,(H,13,15). The number of amides is 1. The summed E-state index contributed by atoms with van der Waals surface area (Å²) in [7, 11) is 2.68. The van der Waals surface area contributed by atoms with E-state index in [2.05, 4.69) is 10.3 Å². The van der Waals surface area contributed by atoms with Gasteiger partial charge in [-0.1, -0.05) is 10.8 Å². The molecule has 0 atom stereocenters. The minimum absolute atomic E-state index is 0.146. The van der Waals surface area contributed by atoms with Crippen LogP contribution in [0.15, 0.2) is 24.5 Å². The van der Waals surface area contributed by atoms with Crippen molar-refractivity contribution >= 4 is 32.6 Å². The molecule has 0 unspecified atom stereocenters. The van der Waals surface area contributed by atoms with Crippen molar-refractivity contribution in [2.75, 3.05) is 12.8 Å². The molecule has 1 rings (SSSR count). The Morgan fingerprint density at radius 3 is 2.94 bits per heavy atom. The summed E-state index contributed by atoms with van der Waals surface area (Å²) in [6, 6.07) is 3.42. The van der Waals surface area contributed by atoms with Crippen molar-refractivity contribution in [2.24, 2.45) is 0 Å². The molecule has 0 aliphatic heterocycles. The summed E-state index contributed by atoms with van der Waals surface area (Å²) in [5.41, 5.74) is 0.539. The maximum absolute atomic E-state index is 11.6. The molecule has 0 aliphatic rings. The number of aromatic nitrogens is 1. The molecule has 0 bridgehead atoms. The SMILES string of the molecule is CSSC(=O)CCCNC(=O)c1cccnc1. The monoisotopic (exact) mass is 270 g/mol. The van der Waals surface area contributed by atoms with Gasteiger partial charge in [-0.3, -0.25) is 14.6 Å². The van der Waals surface area contributed by atoms with Crippen LogP contribution in [0, 0.1) is 0 Å². The molecule has 0 fully saturated rings. The van der Waals surface area contributed by atoms with Gasteiger partial charge in [0.1, 0.15) is 0 Å². The van der Waals surface area contributed by atoms with E-state index < -0.39 is 0 Å². The van der Waals surface area contributed by atoms with E-state index >= 15 is 0 Å². The highest BCUT2D eigenvalue weighted by molar-refractivity contribution is 8.82. The Bertz CT molecular complexity index is 371. The molecule has 1 N–H and O–H groups in total. The van der Waals surface area contributed by atoms with E-state index in [0.717, 1.165) is 0 Å². The molecule has 1 aromatic heterocycles. The lowest BCUT2D eigenvalue weighted by atomic mass is 10.2. The number of nitrogens with zero attached hydrogens (tertiary/aromatic N) is 1. The minimum atomic E-state index is -0.150. The maximum Gasteiger partial charge on any atom is 0.252 e. The third kappa shape index (κ3) is 5.74. The van der Waals surface area contributed by atoms with Crippen molar-refractivity contribution in [3.8, 4) is 0 Å². The molecule has 0 saturated heterocycles. The molecule has 0 radical (unpaired) electrons. The Labute approximate surface area is 108 Å².